The van der Waals surface area contributed by atoms with Crippen molar-refractivity contribution in [2.75, 3.05) is 42.6 Å². The molecule has 20 heavy (non-hydrogen) atoms. The minimum Gasteiger partial charge on any atom is -0.370 e. The number of nitrogens with two attached hydrogens (primary N) is 1. The van der Waals surface area contributed by atoms with Gasteiger partial charge in [-0.25, -0.2) is 0 Å². The predicted octanol–water partition coefficient (Wildman–Crippen LogP) is 0.699. The van der Waals surface area contributed by atoms with Gasteiger partial charge in [-0.15, -0.1) is 0 Å². The van der Waals surface area contributed by atoms with Crippen LogP contribution in [0.25, 0.3) is 0 Å². The summed E-state index contributed by atoms with van der Waals surface area (Å²) in [6, 6.07) is 1.77. The lowest BCUT2D eigenvalue weighted by Gasteiger charge is -2.19. The molecule has 0 aliphatic rings. The average Bonchev–Trinajstić information content (AvgIpc) is 2.36. The molecule has 1 amide bonds. The first-order valence-electron chi connectivity index (χ1n) is 6.78. The van der Waals surface area contributed by atoms with E-state index in [1.165, 1.54) is 0 Å². The number of anilines is 3. The summed E-state index contributed by atoms with van der Waals surface area (Å²) in [4.78, 5) is 21.7. The summed E-state index contributed by atoms with van der Waals surface area (Å²) >= 11 is 0. The normalized spacial score (nSPS) is 10.4. The maximum Gasteiger partial charge on any atom is 0.239 e. The van der Waals surface area contributed by atoms with Crippen LogP contribution in [0.2, 0.25) is 0 Å². The van der Waals surface area contributed by atoms with Crippen LogP contribution in [0.4, 0.5) is 17.6 Å². The Bertz CT molecular complexity index is 448. The van der Waals surface area contributed by atoms with Gasteiger partial charge in [-0.3, -0.25) is 4.79 Å². The van der Waals surface area contributed by atoms with Crippen LogP contribution in [0.15, 0.2) is 6.07 Å². The van der Waals surface area contributed by atoms with E-state index in [1.807, 2.05) is 6.92 Å². The summed E-state index contributed by atoms with van der Waals surface area (Å²) in [6.07, 6.45) is 0. The van der Waals surface area contributed by atoms with Crippen LogP contribution in [-0.2, 0) is 4.79 Å². The van der Waals surface area contributed by atoms with Crippen molar-refractivity contribution in [3.8, 4) is 0 Å². The van der Waals surface area contributed by atoms with Gasteiger partial charge in [-0.2, -0.15) is 9.97 Å². The molecule has 0 atom stereocenters. The van der Waals surface area contributed by atoms with Gasteiger partial charge >= 0.3 is 0 Å². The van der Waals surface area contributed by atoms with Crippen LogP contribution in [0.1, 0.15) is 20.8 Å². The molecule has 7 nitrogen and oxygen atoms in total. The minimum absolute atomic E-state index is 0.0385. The molecule has 0 aliphatic heterocycles. The second-order valence-electron chi connectivity index (χ2n) is 5.05. The van der Waals surface area contributed by atoms with Crippen molar-refractivity contribution in [1.29, 1.82) is 0 Å². The zero-order valence-electron chi connectivity index (χ0n) is 12.6. The second kappa shape index (κ2) is 7.52. The number of nitrogens with one attached hydrogen (secondary N) is 2. The highest BCUT2D eigenvalue weighted by molar-refractivity contribution is 5.81. The molecule has 0 unspecified atom stereocenters. The number of rotatable bonds is 7. The lowest BCUT2D eigenvalue weighted by atomic mass is 10.2. The number of nitrogens with zero attached hydrogens (tertiary/aromatic N) is 3. The van der Waals surface area contributed by atoms with Gasteiger partial charge in [0.1, 0.15) is 11.6 Å². The number of amides is 1. The largest absolute Gasteiger partial charge is 0.370 e. The van der Waals surface area contributed by atoms with Gasteiger partial charge in [-0.05, 0) is 12.8 Å². The summed E-state index contributed by atoms with van der Waals surface area (Å²) < 4.78 is 0. The van der Waals surface area contributed by atoms with E-state index in [1.54, 1.807) is 18.0 Å². The lowest BCUT2D eigenvalue weighted by Crippen LogP contribution is -2.37. The number of aromatic nitrogens is 2. The molecule has 1 heterocycles. The second-order valence-corrected chi connectivity index (χ2v) is 5.05. The van der Waals surface area contributed by atoms with Crippen molar-refractivity contribution in [2.24, 2.45) is 5.92 Å². The summed E-state index contributed by atoms with van der Waals surface area (Å²) in [5.41, 5.74) is 5.67. The minimum atomic E-state index is -0.0385. The third-order valence-electron chi connectivity index (χ3n) is 2.57. The van der Waals surface area contributed by atoms with Crippen molar-refractivity contribution >= 4 is 23.5 Å². The number of nitrogen functional groups attached to an aromatic ring is 1. The molecule has 0 aromatic carbocycles. The Labute approximate surface area is 120 Å². The molecule has 112 valence electrons. The van der Waals surface area contributed by atoms with Gasteiger partial charge in [0.15, 0.2) is 0 Å². The van der Waals surface area contributed by atoms with Crippen LogP contribution >= 0.6 is 0 Å². The topological polar surface area (TPSA) is 96.2 Å². The molecule has 0 aliphatic carbocycles. The lowest BCUT2D eigenvalue weighted by molar-refractivity contribution is -0.119. The first kappa shape index (κ1) is 16.0. The molecule has 1 aromatic heterocycles. The number of likely N-dealkylation sites (N-methyl/N-ethyl adjacent to an activating group) is 1. The summed E-state index contributed by atoms with van der Waals surface area (Å²) in [7, 11) is 1.80. The van der Waals surface area contributed by atoms with Crippen molar-refractivity contribution in [1.82, 2.24) is 15.3 Å². The monoisotopic (exact) mass is 280 g/mol. The Balaban J connectivity index is 2.66. The van der Waals surface area contributed by atoms with Crippen LogP contribution < -0.4 is 21.3 Å². The zero-order chi connectivity index (χ0) is 15.1. The van der Waals surface area contributed by atoms with Crippen LogP contribution in [0, 0.1) is 5.92 Å². The molecule has 7 heteroatoms. The molecular weight excluding hydrogens is 256 g/mol. The van der Waals surface area contributed by atoms with E-state index in [4.69, 9.17) is 5.73 Å². The molecule has 1 aromatic rings. The van der Waals surface area contributed by atoms with Crippen LogP contribution in [-0.4, -0.2) is 42.6 Å². The Kier molecular flexibility index (Phi) is 6.02. The average molecular weight is 280 g/mol. The molecule has 1 rings (SSSR count). The zero-order valence-corrected chi connectivity index (χ0v) is 12.6. The maximum atomic E-state index is 11.8. The first-order chi connectivity index (χ1) is 9.42. The van der Waals surface area contributed by atoms with Crippen molar-refractivity contribution in [3.63, 3.8) is 0 Å². The first-order valence-corrected chi connectivity index (χ1v) is 6.78. The standard InChI is InChI=1S/C13H24N6O/c1-5-15-10-6-11(18-13(14)17-10)19(4)8-12(20)16-7-9(2)3/h6,9H,5,7-8H2,1-4H3,(H,16,20)(H3,14,15,17,18). The Morgan fingerprint density at radius 1 is 1.45 bits per heavy atom. The predicted molar refractivity (Wildman–Crippen MR) is 81.7 cm³/mol. The Morgan fingerprint density at radius 2 is 2.15 bits per heavy atom. The van der Waals surface area contributed by atoms with Crippen molar-refractivity contribution in [3.05, 3.63) is 6.07 Å². The highest BCUT2D eigenvalue weighted by Gasteiger charge is 2.11. The molecular formula is C13H24N6O. The fraction of sp³-hybridized carbons (Fsp3) is 0.615. The molecule has 0 spiro atoms. The van der Waals surface area contributed by atoms with E-state index >= 15 is 0 Å². The molecule has 0 saturated heterocycles. The molecule has 0 bridgehead atoms. The number of hydrogen-bond acceptors (Lipinski definition) is 6. The third kappa shape index (κ3) is 5.29. The van der Waals surface area contributed by atoms with Crippen molar-refractivity contribution < 1.29 is 4.79 Å². The van der Waals surface area contributed by atoms with Crippen LogP contribution in [0.5, 0.6) is 0 Å². The van der Waals surface area contributed by atoms with Gasteiger partial charge in [0.2, 0.25) is 11.9 Å². The Morgan fingerprint density at radius 3 is 2.75 bits per heavy atom. The van der Waals surface area contributed by atoms with E-state index < -0.39 is 0 Å². The van der Waals surface area contributed by atoms with Gasteiger partial charge < -0.3 is 21.3 Å². The van der Waals surface area contributed by atoms with Gasteiger partial charge in [-0.1, -0.05) is 13.8 Å². The molecule has 0 fully saturated rings. The smallest absolute Gasteiger partial charge is 0.239 e. The van der Waals surface area contributed by atoms with E-state index in [9.17, 15) is 4.79 Å². The van der Waals surface area contributed by atoms with Crippen molar-refractivity contribution in [2.45, 2.75) is 20.8 Å². The molecule has 0 radical (unpaired) electrons. The van der Waals surface area contributed by atoms with E-state index in [2.05, 4.69) is 34.4 Å². The number of carbonyl (C=O) groups is 1. The van der Waals surface area contributed by atoms with Gasteiger partial charge in [0.05, 0.1) is 6.54 Å². The number of hydrogen-bond donors (Lipinski definition) is 3. The fourth-order valence-corrected chi connectivity index (χ4v) is 1.59. The number of carbonyl (C=O) groups excluding carboxylic acids is 1. The Hall–Kier alpha value is -2.05. The van der Waals surface area contributed by atoms with Gasteiger partial charge in [0.25, 0.3) is 0 Å². The third-order valence-corrected chi connectivity index (χ3v) is 2.57. The van der Waals surface area contributed by atoms with E-state index in [0.29, 0.717) is 24.1 Å². The van der Waals surface area contributed by atoms with Crippen LogP contribution in [0.3, 0.4) is 0 Å². The summed E-state index contributed by atoms with van der Waals surface area (Å²) in [6.45, 7) is 7.72. The fourth-order valence-electron chi connectivity index (χ4n) is 1.59. The maximum absolute atomic E-state index is 11.8. The molecule has 4 N–H and O–H groups in total. The summed E-state index contributed by atoms with van der Waals surface area (Å²) in [5.74, 6) is 1.85. The van der Waals surface area contributed by atoms with E-state index in [-0.39, 0.29) is 18.4 Å². The molecule has 0 saturated carbocycles. The highest BCUT2D eigenvalue weighted by Crippen LogP contribution is 2.15. The quantitative estimate of drug-likeness (QED) is 0.680. The SMILES string of the molecule is CCNc1cc(N(C)CC(=O)NCC(C)C)nc(N)n1. The van der Waals surface area contributed by atoms with E-state index in [0.717, 1.165) is 6.54 Å². The van der Waals surface area contributed by atoms with Gasteiger partial charge in [0, 0.05) is 26.2 Å². The summed E-state index contributed by atoms with van der Waals surface area (Å²) in [5, 5.41) is 5.94. The highest BCUT2D eigenvalue weighted by atomic mass is 16.2.